The van der Waals surface area contributed by atoms with Crippen LogP contribution in [0.5, 0.6) is 5.75 Å². The number of alkyl halides is 2. The summed E-state index contributed by atoms with van der Waals surface area (Å²) in [6, 6.07) is 15.6. The second-order valence-electron chi connectivity index (χ2n) is 6.16. The van der Waals surface area contributed by atoms with Gasteiger partial charge in [-0.1, -0.05) is 52.3 Å². The van der Waals surface area contributed by atoms with Crippen molar-refractivity contribution in [2.45, 2.75) is 31.9 Å². The van der Waals surface area contributed by atoms with Gasteiger partial charge in [0.05, 0.1) is 6.54 Å². The topological polar surface area (TPSA) is 12.5 Å². The lowest BCUT2D eigenvalue weighted by atomic mass is 10.1. The van der Waals surface area contributed by atoms with Crippen molar-refractivity contribution in [3.05, 3.63) is 64.1 Å². The molecule has 128 valence electrons. The maximum atomic E-state index is 13.6. The van der Waals surface area contributed by atoms with Gasteiger partial charge in [0, 0.05) is 23.0 Å². The fraction of sp³-hybridized carbons (Fsp3) is 0.368. The zero-order valence-electron chi connectivity index (χ0n) is 13.4. The Bertz CT molecular complexity index is 678. The average Bonchev–Trinajstić information content (AvgIpc) is 2.55. The van der Waals surface area contributed by atoms with E-state index < -0.39 is 5.92 Å². The number of hydrogen-bond donors (Lipinski definition) is 0. The third-order valence-electron chi connectivity index (χ3n) is 4.17. The SMILES string of the molecule is FC1(F)CCCN(Cc2c(Br)cccc2OCc2ccccc2)C1. The smallest absolute Gasteiger partial charge is 0.260 e. The fourth-order valence-corrected chi connectivity index (χ4v) is 3.44. The molecule has 0 aliphatic carbocycles. The number of likely N-dealkylation sites (tertiary alicyclic amines) is 1. The van der Waals surface area contributed by atoms with Gasteiger partial charge < -0.3 is 4.74 Å². The van der Waals surface area contributed by atoms with Gasteiger partial charge >= 0.3 is 0 Å². The minimum absolute atomic E-state index is 0.0170. The normalized spacial score (nSPS) is 17.6. The predicted molar refractivity (Wildman–Crippen MR) is 94.4 cm³/mol. The minimum Gasteiger partial charge on any atom is -0.489 e. The summed E-state index contributed by atoms with van der Waals surface area (Å²) in [5, 5.41) is 0. The van der Waals surface area contributed by atoms with Gasteiger partial charge in [-0.25, -0.2) is 8.78 Å². The van der Waals surface area contributed by atoms with Gasteiger partial charge in [-0.2, -0.15) is 0 Å². The molecule has 1 aliphatic heterocycles. The highest BCUT2D eigenvalue weighted by Gasteiger charge is 2.35. The second-order valence-corrected chi connectivity index (χ2v) is 7.02. The van der Waals surface area contributed by atoms with Crippen LogP contribution in [0.25, 0.3) is 0 Å². The molecule has 1 saturated heterocycles. The largest absolute Gasteiger partial charge is 0.489 e. The van der Waals surface area contributed by atoms with Gasteiger partial charge in [0.1, 0.15) is 12.4 Å². The van der Waals surface area contributed by atoms with Crippen LogP contribution in [0.3, 0.4) is 0 Å². The molecule has 0 bridgehead atoms. The maximum absolute atomic E-state index is 13.6. The molecule has 2 nitrogen and oxygen atoms in total. The Morgan fingerprint density at radius 2 is 1.88 bits per heavy atom. The molecule has 0 radical (unpaired) electrons. The number of benzene rings is 2. The Hall–Kier alpha value is -1.46. The molecule has 2 aromatic rings. The van der Waals surface area contributed by atoms with Crippen LogP contribution >= 0.6 is 15.9 Å². The summed E-state index contributed by atoms with van der Waals surface area (Å²) in [7, 11) is 0. The molecule has 1 heterocycles. The van der Waals surface area contributed by atoms with Crippen LogP contribution in [0, 0.1) is 0 Å². The number of piperidine rings is 1. The van der Waals surface area contributed by atoms with Crippen LogP contribution in [-0.4, -0.2) is 23.9 Å². The molecule has 2 aromatic carbocycles. The Balaban J connectivity index is 1.72. The van der Waals surface area contributed by atoms with E-state index in [2.05, 4.69) is 15.9 Å². The molecule has 0 spiro atoms. The van der Waals surface area contributed by atoms with E-state index in [0.29, 0.717) is 26.1 Å². The average molecular weight is 396 g/mol. The van der Waals surface area contributed by atoms with Crippen molar-refractivity contribution in [3.8, 4) is 5.75 Å². The highest BCUT2D eigenvalue weighted by molar-refractivity contribution is 9.10. The summed E-state index contributed by atoms with van der Waals surface area (Å²) >= 11 is 3.53. The van der Waals surface area contributed by atoms with E-state index in [1.165, 1.54) is 0 Å². The van der Waals surface area contributed by atoms with Crippen LogP contribution in [0.4, 0.5) is 8.78 Å². The van der Waals surface area contributed by atoms with Crippen LogP contribution in [-0.2, 0) is 13.2 Å². The van der Waals surface area contributed by atoms with Crippen molar-refractivity contribution < 1.29 is 13.5 Å². The van der Waals surface area contributed by atoms with Crippen molar-refractivity contribution in [1.29, 1.82) is 0 Å². The van der Waals surface area contributed by atoms with E-state index in [9.17, 15) is 8.78 Å². The zero-order valence-corrected chi connectivity index (χ0v) is 14.9. The zero-order chi connectivity index (χ0) is 17.0. The Kier molecular flexibility index (Phi) is 5.51. The van der Waals surface area contributed by atoms with Crippen molar-refractivity contribution in [2.75, 3.05) is 13.1 Å². The van der Waals surface area contributed by atoms with Gasteiger partial charge in [0.15, 0.2) is 0 Å². The van der Waals surface area contributed by atoms with Crippen molar-refractivity contribution in [3.63, 3.8) is 0 Å². The molecular weight excluding hydrogens is 376 g/mol. The van der Waals surface area contributed by atoms with Gasteiger partial charge in [-0.3, -0.25) is 4.90 Å². The van der Waals surface area contributed by atoms with Crippen molar-refractivity contribution in [1.82, 2.24) is 4.90 Å². The van der Waals surface area contributed by atoms with E-state index in [0.717, 1.165) is 21.3 Å². The van der Waals surface area contributed by atoms with Crippen molar-refractivity contribution >= 4 is 15.9 Å². The lowest BCUT2D eigenvalue weighted by molar-refractivity contribution is -0.0663. The first-order chi connectivity index (χ1) is 11.5. The van der Waals surface area contributed by atoms with Gasteiger partial charge in [-0.05, 0) is 30.7 Å². The first-order valence-electron chi connectivity index (χ1n) is 8.08. The van der Waals surface area contributed by atoms with E-state index in [1.807, 2.05) is 48.5 Å². The van der Waals surface area contributed by atoms with Crippen molar-refractivity contribution in [2.24, 2.45) is 0 Å². The number of rotatable bonds is 5. The monoisotopic (exact) mass is 395 g/mol. The number of nitrogens with zero attached hydrogens (tertiary/aromatic N) is 1. The Morgan fingerprint density at radius 3 is 2.62 bits per heavy atom. The summed E-state index contributed by atoms with van der Waals surface area (Å²) in [5.74, 6) is -1.85. The lowest BCUT2D eigenvalue weighted by Crippen LogP contribution is -2.42. The molecule has 0 saturated carbocycles. The molecule has 1 fully saturated rings. The summed E-state index contributed by atoms with van der Waals surface area (Å²) in [6.07, 6.45) is 0.508. The summed E-state index contributed by atoms with van der Waals surface area (Å²) in [5.41, 5.74) is 2.00. The molecule has 0 amide bonds. The second kappa shape index (κ2) is 7.62. The third-order valence-corrected chi connectivity index (χ3v) is 4.91. The van der Waals surface area contributed by atoms with E-state index >= 15 is 0 Å². The maximum Gasteiger partial charge on any atom is 0.260 e. The van der Waals surface area contributed by atoms with Crippen LogP contribution in [0.15, 0.2) is 53.0 Å². The quantitative estimate of drug-likeness (QED) is 0.684. The molecule has 0 atom stereocenters. The first kappa shape index (κ1) is 17.4. The highest BCUT2D eigenvalue weighted by Crippen LogP contribution is 2.32. The Morgan fingerprint density at radius 1 is 1.08 bits per heavy atom. The highest BCUT2D eigenvalue weighted by atomic mass is 79.9. The van der Waals surface area contributed by atoms with Gasteiger partial charge in [0.25, 0.3) is 5.92 Å². The van der Waals surface area contributed by atoms with Crippen LogP contribution in [0.1, 0.15) is 24.0 Å². The fourth-order valence-electron chi connectivity index (χ4n) is 2.97. The lowest BCUT2D eigenvalue weighted by Gasteiger charge is -2.33. The molecule has 3 rings (SSSR count). The molecule has 0 N–H and O–H groups in total. The van der Waals surface area contributed by atoms with Crippen LogP contribution < -0.4 is 4.74 Å². The Labute approximate surface area is 149 Å². The van der Waals surface area contributed by atoms with E-state index in [-0.39, 0.29) is 13.0 Å². The molecule has 1 aliphatic rings. The van der Waals surface area contributed by atoms with E-state index in [1.54, 1.807) is 4.90 Å². The summed E-state index contributed by atoms with van der Waals surface area (Å²) < 4.78 is 34.1. The van der Waals surface area contributed by atoms with Gasteiger partial charge in [-0.15, -0.1) is 0 Å². The third kappa shape index (κ3) is 4.54. The molecule has 24 heavy (non-hydrogen) atoms. The minimum atomic E-state index is -2.59. The first-order valence-corrected chi connectivity index (χ1v) is 8.87. The standard InChI is InChI=1S/C19H20BrF2NO/c20-17-8-4-9-18(24-13-15-6-2-1-3-7-15)16(17)12-23-11-5-10-19(21,22)14-23/h1-4,6-9H,5,10-14H2. The molecular formula is C19H20BrF2NO. The number of ether oxygens (including phenoxy) is 1. The number of hydrogen-bond acceptors (Lipinski definition) is 2. The van der Waals surface area contributed by atoms with Gasteiger partial charge in [0.2, 0.25) is 0 Å². The summed E-state index contributed by atoms with van der Waals surface area (Å²) in [4.78, 5) is 1.80. The van der Waals surface area contributed by atoms with Crippen LogP contribution in [0.2, 0.25) is 0 Å². The molecule has 0 aromatic heterocycles. The molecule has 5 heteroatoms. The molecule has 0 unspecified atom stereocenters. The summed E-state index contributed by atoms with van der Waals surface area (Å²) in [6.45, 7) is 1.42. The predicted octanol–water partition coefficient (Wildman–Crippen LogP) is 5.26. The number of halogens is 3. The van der Waals surface area contributed by atoms with E-state index in [4.69, 9.17) is 4.74 Å².